The van der Waals surface area contributed by atoms with Crippen LogP contribution in [0.5, 0.6) is 5.75 Å². The van der Waals surface area contributed by atoms with Crippen molar-refractivity contribution in [2.45, 2.75) is 6.61 Å². The Kier molecular flexibility index (Phi) is 4.56. The highest BCUT2D eigenvalue weighted by molar-refractivity contribution is 9.10. The molecular weight excluding hydrogens is 335 g/mol. The molecule has 0 aliphatic heterocycles. The lowest BCUT2D eigenvalue weighted by atomic mass is 10.2. The Morgan fingerprint density at radius 2 is 2.11 bits per heavy atom. The highest BCUT2D eigenvalue weighted by atomic mass is 79.9. The molecule has 98 valence electrons. The van der Waals surface area contributed by atoms with E-state index in [0.717, 1.165) is 11.8 Å². The van der Waals surface area contributed by atoms with Crippen LogP contribution < -0.4 is 4.74 Å². The van der Waals surface area contributed by atoms with Gasteiger partial charge < -0.3 is 4.74 Å². The zero-order valence-electron chi connectivity index (χ0n) is 9.70. The number of aldehydes is 1. The smallest absolute Gasteiger partial charge is 0.153 e. The van der Waals surface area contributed by atoms with E-state index < -0.39 is 5.82 Å². The summed E-state index contributed by atoms with van der Waals surface area (Å²) < 4.78 is 19.3. The lowest BCUT2D eigenvalue weighted by Crippen LogP contribution is -1.99. The van der Waals surface area contributed by atoms with Crippen molar-refractivity contribution < 1.29 is 13.9 Å². The van der Waals surface area contributed by atoms with Crippen molar-refractivity contribution in [3.63, 3.8) is 0 Å². The van der Waals surface area contributed by atoms with Crippen molar-refractivity contribution in [2.24, 2.45) is 0 Å². The zero-order chi connectivity index (χ0) is 13.8. The molecule has 2 rings (SSSR count). The largest absolute Gasteiger partial charge is 0.487 e. The van der Waals surface area contributed by atoms with Crippen LogP contribution in [0, 0.1) is 5.82 Å². The van der Waals surface area contributed by atoms with E-state index >= 15 is 0 Å². The van der Waals surface area contributed by atoms with Crippen LogP contribution in [0.1, 0.15) is 15.9 Å². The summed E-state index contributed by atoms with van der Waals surface area (Å²) in [7, 11) is 0. The molecule has 0 saturated carbocycles. The minimum atomic E-state index is -0.472. The molecule has 0 unspecified atom stereocenters. The van der Waals surface area contributed by atoms with Gasteiger partial charge in [-0.2, -0.15) is 0 Å². The van der Waals surface area contributed by atoms with Crippen molar-refractivity contribution in [2.75, 3.05) is 0 Å². The van der Waals surface area contributed by atoms with Gasteiger partial charge in [-0.15, -0.1) is 0 Å². The molecule has 2 aromatic carbocycles. The Morgan fingerprint density at radius 1 is 1.32 bits per heavy atom. The predicted octanol–water partition coefficient (Wildman–Crippen LogP) is 4.63. The number of benzene rings is 2. The van der Waals surface area contributed by atoms with Crippen molar-refractivity contribution in [3.8, 4) is 5.75 Å². The molecule has 5 heteroatoms. The summed E-state index contributed by atoms with van der Waals surface area (Å²) in [5.41, 5.74) is 1.17. The van der Waals surface area contributed by atoms with Gasteiger partial charge in [0.15, 0.2) is 6.29 Å². The highest BCUT2D eigenvalue weighted by Gasteiger charge is 2.08. The molecule has 0 aromatic heterocycles. The fraction of sp³-hybridized carbons (Fsp3) is 0.0714. The van der Waals surface area contributed by atoms with Gasteiger partial charge in [-0.05, 0) is 45.8 Å². The molecule has 0 amide bonds. The maximum Gasteiger partial charge on any atom is 0.153 e. The number of para-hydroxylation sites is 1. The van der Waals surface area contributed by atoms with Crippen LogP contribution in [0.25, 0.3) is 0 Å². The average molecular weight is 344 g/mol. The summed E-state index contributed by atoms with van der Waals surface area (Å²) in [5, 5.41) is 0.0452. The number of hydrogen-bond donors (Lipinski definition) is 0. The molecule has 0 spiro atoms. The summed E-state index contributed by atoms with van der Waals surface area (Å²) in [6, 6.07) is 9.54. The van der Waals surface area contributed by atoms with Crippen molar-refractivity contribution in [3.05, 3.63) is 62.8 Å². The monoisotopic (exact) mass is 342 g/mol. The molecule has 19 heavy (non-hydrogen) atoms. The van der Waals surface area contributed by atoms with Gasteiger partial charge in [0, 0.05) is 0 Å². The van der Waals surface area contributed by atoms with Gasteiger partial charge >= 0.3 is 0 Å². The molecule has 0 N–H and O–H groups in total. The zero-order valence-corrected chi connectivity index (χ0v) is 12.0. The summed E-state index contributed by atoms with van der Waals surface area (Å²) >= 11 is 9.01. The van der Waals surface area contributed by atoms with Gasteiger partial charge in [0.1, 0.15) is 18.2 Å². The summed E-state index contributed by atoms with van der Waals surface area (Å²) in [5.74, 6) is -0.0159. The van der Waals surface area contributed by atoms with Crippen LogP contribution in [0.3, 0.4) is 0 Å². The summed E-state index contributed by atoms with van der Waals surface area (Å²) in [6.07, 6.45) is 0.720. The molecule has 0 aliphatic rings. The van der Waals surface area contributed by atoms with E-state index in [2.05, 4.69) is 15.9 Å². The first-order valence-electron chi connectivity index (χ1n) is 5.42. The first kappa shape index (κ1) is 14.0. The van der Waals surface area contributed by atoms with Crippen LogP contribution in [-0.4, -0.2) is 6.29 Å². The van der Waals surface area contributed by atoms with E-state index in [1.54, 1.807) is 24.3 Å². The van der Waals surface area contributed by atoms with Gasteiger partial charge in [-0.3, -0.25) is 4.79 Å². The molecule has 0 heterocycles. The molecule has 0 atom stereocenters. The molecule has 0 aliphatic carbocycles. The Hall–Kier alpha value is -1.39. The third-order valence-electron chi connectivity index (χ3n) is 2.49. The number of carbonyl (C=O) groups excluding carboxylic acids is 1. The van der Waals surface area contributed by atoms with Crippen LogP contribution in [0.2, 0.25) is 5.02 Å². The maximum atomic E-state index is 13.0. The average Bonchev–Trinajstić information content (AvgIpc) is 2.41. The number of carbonyl (C=O) groups is 1. The minimum absolute atomic E-state index is 0.0452. The maximum absolute atomic E-state index is 13.0. The Labute approximate surface area is 123 Å². The van der Waals surface area contributed by atoms with Gasteiger partial charge in [0.25, 0.3) is 0 Å². The first-order valence-corrected chi connectivity index (χ1v) is 6.59. The normalized spacial score (nSPS) is 10.3. The molecule has 0 bridgehead atoms. The first-order chi connectivity index (χ1) is 9.11. The third-order valence-corrected chi connectivity index (χ3v) is 3.41. The number of hydrogen-bond acceptors (Lipinski definition) is 2. The fourth-order valence-corrected chi connectivity index (χ4v) is 2.25. The van der Waals surface area contributed by atoms with E-state index in [0.29, 0.717) is 15.8 Å². The van der Waals surface area contributed by atoms with Gasteiger partial charge in [0.05, 0.1) is 15.1 Å². The SMILES string of the molecule is O=Cc1cccc(Br)c1OCc1ccc(F)c(Cl)c1. The van der Waals surface area contributed by atoms with E-state index in [9.17, 15) is 9.18 Å². The predicted molar refractivity (Wildman–Crippen MR) is 75.3 cm³/mol. The number of halogens is 3. The summed E-state index contributed by atoms with van der Waals surface area (Å²) in [4.78, 5) is 10.9. The number of ether oxygens (including phenoxy) is 1. The van der Waals surface area contributed by atoms with Crippen molar-refractivity contribution in [1.29, 1.82) is 0 Å². The van der Waals surface area contributed by atoms with E-state index in [1.165, 1.54) is 12.1 Å². The minimum Gasteiger partial charge on any atom is -0.487 e. The molecular formula is C14H9BrClFO2. The number of rotatable bonds is 4. The molecule has 2 aromatic rings. The molecule has 2 nitrogen and oxygen atoms in total. The van der Waals surface area contributed by atoms with Crippen molar-refractivity contribution >= 4 is 33.8 Å². The van der Waals surface area contributed by atoms with Gasteiger partial charge in [-0.1, -0.05) is 23.7 Å². The second-order valence-electron chi connectivity index (χ2n) is 3.81. The van der Waals surface area contributed by atoms with Crippen LogP contribution in [0.4, 0.5) is 4.39 Å². The van der Waals surface area contributed by atoms with E-state index in [-0.39, 0.29) is 11.6 Å². The lowest BCUT2D eigenvalue weighted by Gasteiger charge is -2.10. The Balaban J connectivity index is 2.18. The Morgan fingerprint density at radius 3 is 2.79 bits per heavy atom. The molecule has 0 fully saturated rings. The topological polar surface area (TPSA) is 26.3 Å². The van der Waals surface area contributed by atoms with Crippen LogP contribution in [0.15, 0.2) is 40.9 Å². The Bertz CT molecular complexity index is 616. The van der Waals surface area contributed by atoms with Crippen LogP contribution >= 0.6 is 27.5 Å². The standard InChI is InChI=1S/C14H9BrClFO2/c15-11-3-1-2-10(7-18)14(11)19-8-9-4-5-13(17)12(16)6-9/h1-7H,8H2. The fourth-order valence-electron chi connectivity index (χ4n) is 1.56. The molecule has 0 saturated heterocycles. The van der Waals surface area contributed by atoms with Crippen molar-refractivity contribution in [1.82, 2.24) is 0 Å². The lowest BCUT2D eigenvalue weighted by molar-refractivity contribution is 0.111. The second kappa shape index (κ2) is 6.17. The van der Waals surface area contributed by atoms with E-state index in [4.69, 9.17) is 16.3 Å². The molecule has 0 radical (unpaired) electrons. The third kappa shape index (κ3) is 3.33. The second-order valence-corrected chi connectivity index (χ2v) is 5.07. The summed E-state index contributed by atoms with van der Waals surface area (Å²) in [6.45, 7) is 0.198. The van der Waals surface area contributed by atoms with Crippen LogP contribution in [-0.2, 0) is 6.61 Å². The van der Waals surface area contributed by atoms with Gasteiger partial charge in [0.2, 0.25) is 0 Å². The highest BCUT2D eigenvalue weighted by Crippen LogP contribution is 2.29. The van der Waals surface area contributed by atoms with E-state index in [1.807, 2.05) is 0 Å². The quantitative estimate of drug-likeness (QED) is 0.756. The van der Waals surface area contributed by atoms with Gasteiger partial charge in [-0.25, -0.2) is 4.39 Å².